The highest BCUT2D eigenvalue weighted by atomic mass is 79.9. The van der Waals surface area contributed by atoms with Crippen LogP contribution >= 0.6 is 27.3 Å². The summed E-state index contributed by atoms with van der Waals surface area (Å²) >= 11 is 4.95. The first-order valence-electron chi connectivity index (χ1n) is 8.59. The Kier molecular flexibility index (Phi) is 6.43. The average molecular weight is 439 g/mol. The Balaban J connectivity index is 1.48. The molecule has 0 radical (unpaired) electrons. The van der Waals surface area contributed by atoms with Gasteiger partial charge in [-0.2, -0.15) is 0 Å². The van der Waals surface area contributed by atoms with Crippen molar-refractivity contribution < 1.29 is 14.0 Å². The van der Waals surface area contributed by atoms with Crippen LogP contribution in [0.25, 0.3) is 0 Å². The molecule has 0 saturated carbocycles. The monoisotopic (exact) mass is 438 g/mol. The third-order valence-electron chi connectivity index (χ3n) is 4.56. The van der Waals surface area contributed by atoms with Crippen LogP contribution in [0.2, 0.25) is 0 Å². The molecule has 1 aromatic heterocycles. The van der Waals surface area contributed by atoms with E-state index in [0.717, 1.165) is 6.42 Å². The van der Waals surface area contributed by atoms with Crippen molar-refractivity contribution >= 4 is 39.1 Å². The van der Waals surface area contributed by atoms with Crippen molar-refractivity contribution in [2.24, 2.45) is 5.92 Å². The van der Waals surface area contributed by atoms with E-state index in [1.54, 1.807) is 22.3 Å². The Morgan fingerprint density at radius 1 is 1.27 bits per heavy atom. The summed E-state index contributed by atoms with van der Waals surface area (Å²) in [5, 5.41) is 5.01. The number of hydrogen-bond donors (Lipinski definition) is 1. The van der Waals surface area contributed by atoms with E-state index in [9.17, 15) is 14.0 Å². The van der Waals surface area contributed by atoms with Crippen LogP contribution in [0.4, 0.5) is 4.39 Å². The van der Waals surface area contributed by atoms with Gasteiger partial charge in [0.1, 0.15) is 5.82 Å². The van der Waals surface area contributed by atoms with Gasteiger partial charge in [-0.3, -0.25) is 9.59 Å². The Hall–Kier alpha value is -1.73. The van der Waals surface area contributed by atoms with Crippen molar-refractivity contribution in [3.8, 4) is 0 Å². The Bertz CT molecular complexity index is 774. The summed E-state index contributed by atoms with van der Waals surface area (Å²) in [6.07, 6.45) is 2.04. The molecule has 0 spiro atoms. The summed E-state index contributed by atoms with van der Waals surface area (Å²) in [7, 11) is 0. The van der Waals surface area contributed by atoms with E-state index < -0.39 is 5.82 Å². The van der Waals surface area contributed by atoms with Crippen molar-refractivity contribution in [1.82, 2.24) is 10.2 Å². The number of hydrogen-bond acceptors (Lipinski definition) is 3. The Morgan fingerprint density at radius 2 is 2.04 bits per heavy atom. The van der Waals surface area contributed by atoms with Gasteiger partial charge in [0.15, 0.2) is 0 Å². The van der Waals surface area contributed by atoms with Crippen LogP contribution < -0.4 is 5.32 Å². The first kappa shape index (κ1) is 19.0. The molecule has 0 aliphatic carbocycles. The van der Waals surface area contributed by atoms with Crippen molar-refractivity contribution in [2.75, 3.05) is 19.6 Å². The van der Waals surface area contributed by atoms with Crippen LogP contribution in [-0.4, -0.2) is 36.3 Å². The lowest BCUT2D eigenvalue weighted by Crippen LogP contribution is -2.43. The zero-order chi connectivity index (χ0) is 18.5. The lowest BCUT2D eigenvalue weighted by atomic mass is 9.95. The number of carbonyl (C=O) groups is 2. The molecule has 0 unspecified atom stereocenters. The van der Waals surface area contributed by atoms with Gasteiger partial charge in [-0.05, 0) is 48.9 Å². The third-order valence-corrected chi connectivity index (χ3v) is 5.99. The lowest BCUT2D eigenvalue weighted by molar-refractivity contribution is -0.126. The smallest absolute Gasteiger partial charge is 0.256 e. The van der Waals surface area contributed by atoms with Crippen LogP contribution in [0.1, 0.15) is 28.1 Å². The highest BCUT2D eigenvalue weighted by molar-refractivity contribution is 9.10. The summed E-state index contributed by atoms with van der Waals surface area (Å²) < 4.78 is 14.6. The zero-order valence-corrected chi connectivity index (χ0v) is 16.6. The number of halogens is 2. The molecule has 26 heavy (non-hydrogen) atoms. The minimum absolute atomic E-state index is 0.0438. The van der Waals surface area contributed by atoms with E-state index in [1.165, 1.54) is 17.0 Å². The molecule has 1 N–H and O–H groups in total. The number of rotatable bonds is 5. The maximum Gasteiger partial charge on any atom is 0.256 e. The van der Waals surface area contributed by atoms with Gasteiger partial charge in [0.05, 0.1) is 5.56 Å². The van der Waals surface area contributed by atoms with Crippen LogP contribution in [0.3, 0.4) is 0 Å². The van der Waals surface area contributed by atoms with Gasteiger partial charge < -0.3 is 10.2 Å². The van der Waals surface area contributed by atoms with E-state index in [2.05, 4.69) is 27.3 Å². The lowest BCUT2D eigenvalue weighted by Gasteiger charge is -2.31. The molecule has 2 amide bonds. The molecule has 7 heteroatoms. The second kappa shape index (κ2) is 8.77. The average Bonchev–Trinajstić information content (AvgIpc) is 3.16. The van der Waals surface area contributed by atoms with Crippen LogP contribution in [-0.2, 0) is 11.2 Å². The molecule has 0 atom stereocenters. The fraction of sp³-hybridized carbons (Fsp3) is 0.368. The van der Waals surface area contributed by atoms with E-state index in [0.29, 0.717) is 36.9 Å². The van der Waals surface area contributed by atoms with Gasteiger partial charge in [0.2, 0.25) is 5.91 Å². The summed E-state index contributed by atoms with van der Waals surface area (Å²) in [5.41, 5.74) is 0.0678. The molecule has 1 fully saturated rings. The first-order valence-corrected chi connectivity index (χ1v) is 10.3. The normalized spacial score (nSPS) is 15.1. The number of thiophene rings is 1. The minimum Gasteiger partial charge on any atom is -0.355 e. The van der Waals surface area contributed by atoms with E-state index in [-0.39, 0.29) is 23.3 Å². The predicted molar refractivity (Wildman–Crippen MR) is 104 cm³/mol. The molecule has 2 heterocycles. The van der Waals surface area contributed by atoms with Crippen molar-refractivity contribution in [3.05, 3.63) is 56.4 Å². The molecule has 0 bridgehead atoms. The number of benzene rings is 1. The van der Waals surface area contributed by atoms with E-state index in [1.807, 2.05) is 11.4 Å². The zero-order valence-electron chi connectivity index (χ0n) is 14.2. The second-order valence-electron chi connectivity index (χ2n) is 6.31. The standard InChI is InChI=1S/C19H20BrFN2O2S/c20-14-3-4-17(21)16(12-14)19(25)23-9-6-13(7-10-23)18(24)22-8-5-15-2-1-11-26-15/h1-4,11-13H,5-10H2,(H,22,24). The van der Waals surface area contributed by atoms with Crippen molar-refractivity contribution in [2.45, 2.75) is 19.3 Å². The fourth-order valence-corrected chi connectivity index (χ4v) is 4.15. The molecule has 3 rings (SSSR count). The van der Waals surface area contributed by atoms with E-state index in [4.69, 9.17) is 0 Å². The third kappa shape index (κ3) is 4.71. The molecule has 138 valence electrons. The second-order valence-corrected chi connectivity index (χ2v) is 8.26. The number of piperidine rings is 1. The summed E-state index contributed by atoms with van der Waals surface area (Å²) in [6, 6.07) is 8.41. The van der Waals surface area contributed by atoms with E-state index >= 15 is 0 Å². The number of nitrogens with one attached hydrogen (secondary N) is 1. The maximum absolute atomic E-state index is 13.9. The number of likely N-dealkylation sites (tertiary alicyclic amines) is 1. The van der Waals surface area contributed by atoms with Crippen molar-refractivity contribution in [3.63, 3.8) is 0 Å². The summed E-state index contributed by atoms with van der Waals surface area (Å²) in [6.45, 7) is 1.56. The topological polar surface area (TPSA) is 49.4 Å². The predicted octanol–water partition coefficient (Wildman–Crippen LogP) is 3.86. The molecule has 2 aromatic rings. The fourth-order valence-electron chi connectivity index (χ4n) is 3.08. The summed E-state index contributed by atoms with van der Waals surface area (Å²) in [4.78, 5) is 27.7. The highest BCUT2D eigenvalue weighted by Crippen LogP contribution is 2.22. The van der Waals surface area contributed by atoms with Crippen LogP contribution in [0, 0.1) is 11.7 Å². The van der Waals surface area contributed by atoms with Crippen molar-refractivity contribution in [1.29, 1.82) is 0 Å². The van der Waals surface area contributed by atoms with Gasteiger partial charge in [-0.25, -0.2) is 4.39 Å². The van der Waals surface area contributed by atoms with Gasteiger partial charge in [-0.1, -0.05) is 22.0 Å². The SMILES string of the molecule is O=C(NCCc1cccs1)C1CCN(C(=O)c2cc(Br)ccc2F)CC1. The highest BCUT2D eigenvalue weighted by Gasteiger charge is 2.28. The number of amides is 2. The first-order chi connectivity index (χ1) is 12.5. The van der Waals surface area contributed by atoms with Crippen LogP contribution in [0.5, 0.6) is 0 Å². The Morgan fingerprint density at radius 3 is 2.73 bits per heavy atom. The molecule has 1 aliphatic rings. The maximum atomic E-state index is 13.9. The van der Waals surface area contributed by atoms with Gasteiger partial charge in [0.25, 0.3) is 5.91 Å². The quantitative estimate of drug-likeness (QED) is 0.770. The van der Waals surface area contributed by atoms with Gasteiger partial charge in [-0.15, -0.1) is 11.3 Å². The van der Waals surface area contributed by atoms with Crippen LogP contribution in [0.15, 0.2) is 40.2 Å². The summed E-state index contributed by atoms with van der Waals surface area (Å²) in [5.74, 6) is -0.885. The Labute approximate surface area is 164 Å². The molecule has 4 nitrogen and oxygen atoms in total. The van der Waals surface area contributed by atoms with Gasteiger partial charge >= 0.3 is 0 Å². The largest absolute Gasteiger partial charge is 0.355 e. The number of carbonyl (C=O) groups excluding carboxylic acids is 2. The molecule has 1 saturated heterocycles. The number of nitrogens with zero attached hydrogens (tertiary/aromatic N) is 1. The molecule has 1 aromatic carbocycles. The molecular formula is C19H20BrFN2O2S. The molecule has 1 aliphatic heterocycles. The van der Waals surface area contributed by atoms with Gasteiger partial charge in [0, 0.05) is 34.9 Å². The molecular weight excluding hydrogens is 419 g/mol. The minimum atomic E-state index is -0.522.